The number of carbonyl (C=O) groups is 4. The SMILES string of the molecule is CC(=O)OC[C@H]1OC=C(C=O)[C@@H](OC(C)=O)[C@@H]1OC(C)=O. The smallest absolute Gasteiger partial charge is 0.303 e. The van der Waals surface area contributed by atoms with E-state index < -0.39 is 36.2 Å². The molecule has 0 bridgehead atoms. The minimum atomic E-state index is -1.11. The molecule has 0 saturated carbocycles. The topological polar surface area (TPSA) is 105 Å². The Hall–Kier alpha value is -2.38. The first kappa shape index (κ1) is 16.7. The highest BCUT2D eigenvalue weighted by molar-refractivity contribution is 5.77. The monoisotopic (exact) mass is 300 g/mol. The fourth-order valence-corrected chi connectivity index (χ4v) is 1.77. The maximum Gasteiger partial charge on any atom is 0.303 e. The lowest BCUT2D eigenvalue weighted by molar-refractivity contribution is -0.180. The van der Waals surface area contributed by atoms with E-state index in [1.807, 2.05) is 0 Å². The molecule has 0 aromatic heterocycles. The molecule has 0 aromatic rings. The van der Waals surface area contributed by atoms with Crippen LogP contribution in [0.25, 0.3) is 0 Å². The summed E-state index contributed by atoms with van der Waals surface area (Å²) in [4.78, 5) is 44.2. The van der Waals surface area contributed by atoms with E-state index in [1.54, 1.807) is 0 Å². The molecule has 0 saturated heterocycles. The molecule has 0 radical (unpaired) electrons. The van der Waals surface area contributed by atoms with Gasteiger partial charge in [-0.15, -0.1) is 0 Å². The van der Waals surface area contributed by atoms with E-state index in [0.717, 1.165) is 20.1 Å². The van der Waals surface area contributed by atoms with Crippen molar-refractivity contribution in [1.29, 1.82) is 0 Å². The Morgan fingerprint density at radius 3 is 2.24 bits per heavy atom. The Morgan fingerprint density at radius 2 is 1.76 bits per heavy atom. The molecule has 0 unspecified atom stereocenters. The molecule has 8 nitrogen and oxygen atoms in total. The van der Waals surface area contributed by atoms with Gasteiger partial charge >= 0.3 is 17.9 Å². The molecule has 1 aliphatic rings. The van der Waals surface area contributed by atoms with Crippen molar-refractivity contribution in [2.75, 3.05) is 6.61 Å². The number of aldehydes is 1. The largest absolute Gasteiger partial charge is 0.490 e. The van der Waals surface area contributed by atoms with Crippen molar-refractivity contribution >= 4 is 24.2 Å². The molecule has 3 atom stereocenters. The summed E-state index contributed by atoms with van der Waals surface area (Å²) in [6.45, 7) is 3.31. The van der Waals surface area contributed by atoms with Gasteiger partial charge < -0.3 is 18.9 Å². The molecule has 0 amide bonds. The number of esters is 3. The Labute approximate surface area is 121 Å². The standard InChI is InChI=1S/C13H16O8/c1-7(15)18-6-11-13(21-9(3)17)12(20-8(2)16)10(4-14)5-19-11/h4-5,11-13H,6H2,1-3H3/t11-,12-,13-/m1/s1. The van der Waals surface area contributed by atoms with Crippen molar-refractivity contribution < 1.29 is 38.1 Å². The third kappa shape index (κ3) is 4.90. The second-order valence-corrected chi connectivity index (χ2v) is 4.32. The summed E-state index contributed by atoms with van der Waals surface area (Å²) in [5.74, 6) is -1.85. The third-order valence-electron chi connectivity index (χ3n) is 2.55. The minimum absolute atomic E-state index is 0.00975. The van der Waals surface area contributed by atoms with Crippen LogP contribution in [-0.2, 0) is 38.1 Å². The lowest BCUT2D eigenvalue weighted by Crippen LogP contribution is -2.49. The van der Waals surface area contributed by atoms with Gasteiger partial charge in [-0.1, -0.05) is 0 Å². The molecule has 0 aromatic carbocycles. The van der Waals surface area contributed by atoms with Gasteiger partial charge in [0.1, 0.15) is 6.61 Å². The number of ether oxygens (including phenoxy) is 4. The van der Waals surface area contributed by atoms with Crippen LogP contribution in [0.1, 0.15) is 20.8 Å². The fraction of sp³-hybridized carbons (Fsp3) is 0.538. The average Bonchev–Trinajstić information content (AvgIpc) is 2.37. The summed E-state index contributed by atoms with van der Waals surface area (Å²) in [5, 5.41) is 0. The lowest BCUT2D eigenvalue weighted by Gasteiger charge is -2.34. The molecule has 116 valence electrons. The highest BCUT2D eigenvalue weighted by Gasteiger charge is 2.42. The van der Waals surface area contributed by atoms with E-state index in [4.69, 9.17) is 18.9 Å². The third-order valence-corrected chi connectivity index (χ3v) is 2.55. The van der Waals surface area contributed by atoms with E-state index in [0.29, 0.717) is 6.29 Å². The van der Waals surface area contributed by atoms with Crippen molar-refractivity contribution in [3.63, 3.8) is 0 Å². The van der Waals surface area contributed by atoms with Gasteiger partial charge in [-0.2, -0.15) is 0 Å². The highest BCUT2D eigenvalue weighted by Crippen LogP contribution is 2.24. The van der Waals surface area contributed by atoms with Gasteiger partial charge in [0.15, 0.2) is 24.6 Å². The lowest BCUT2D eigenvalue weighted by atomic mass is 9.99. The molecule has 0 fully saturated rings. The zero-order chi connectivity index (χ0) is 16.0. The molecule has 0 aliphatic carbocycles. The number of hydrogen-bond donors (Lipinski definition) is 0. The van der Waals surface area contributed by atoms with Crippen LogP contribution in [-0.4, -0.2) is 49.1 Å². The number of rotatable bonds is 5. The highest BCUT2D eigenvalue weighted by atomic mass is 16.6. The Bertz CT molecular complexity index is 467. The van der Waals surface area contributed by atoms with Crippen LogP contribution < -0.4 is 0 Å². The van der Waals surface area contributed by atoms with Gasteiger partial charge in [0.25, 0.3) is 0 Å². The van der Waals surface area contributed by atoms with Crippen molar-refractivity contribution in [3.05, 3.63) is 11.8 Å². The zero-order valence-electron chi connectivity index (χ0n) is 11.9. The van der Waals surface area contributed by atoms with E-state index in [1.165, 1.54) is 6.92 Å². The molecular formula is C13H16O8. The van der Waals surface area contributed by atoms with Gasteiger partial charge in [-0.3, -0.25) is 19.2 Å². The van der Waals surface area contributed by atoms with Crippen LogP contribution in [0.3, 0.4) is 0 Å². The minimum Gasteiger partial charge on any atom is -0.490 e. The van der Waals surface area contributed by atoms with Crippen LogP contribution in [0.2, 0.25) is 0 Å². The van der Waals surface area contributed by atoms with Crippen LogP contribution in [0, 0.1) is 0 Å². The molecule has 0 N–H and O–H groups in total. The second-order valence-electron chi connectivity index (χ2n) is 4.32. The molecule has 21 heavy (non-hydrogen) atoms. The fourth-order valence-electron chi connectivity index (χ4n) is 1.77. The summed E-state index contributed by atoms with van der Waals surface area (Å²) >= 11 is 0. The van der Waals surface area contributed by atoms with E-state index >= 15 is 0 Å². The van der Waals surface area contributed by atoms with Gasteiger partial charge in [0.05, 0.1) is 11.8 Å². The van der Waals surface area contributed by atoms with Crippen molar-refractivity contribution in [3.8, 4) is 0 Å². The molecule has 8 heteroatoms. The predicted molar refractivity (Wildman–Crippen MR) is 66.8 cm³/mol. The Morgan fingerprint density at radius 1 is 1.14 bits per heavy atom. The van der Waals surface area contributed by atoms with Crippen LogP contribution >= 0.6 is 0 Å². The quantitative estimate of drug-likeness (QED) is 0.393. The summed E-state index contributed by atoms with van der Waals surface area (Å²) in [6, 6.07) is 0. The zero-order valence-corrected chi connectivity index (χ0v) is 11.9. The van der Waals surface area contributed by atoms with Crippen molar-refractivity contribution in [2.24, 2.45) is 0 Å². The summed E-state index contributed by atoms with van der Waals surface area (Å²) in [6.07, 6.45) is -1.55. The van der Waals surface area contributed by atoms with Crippen molar-refractivity contribution in [2.45, 2.75) is 39.1 Å². The Kier molecular flexibility index (Phi) is 5.89. The first-order valence-electron chi connectivity index (χ1n) is 6.13. The molecule has 1 heterocycles. The van der Waals surface area contributed by atoms with Crippen LogP contribution in [0.4, 0.5) is 0 Å². The van der Waals surface area contributed by atoms with Crippen LogP contribution in [0.5, 0.6) is 0 Å². The average molecular weight is 300 g/mol. The van der Waals surface area contributed by atoms with Gasteiger partial charge in [-0.25, -0.2) is 0 Å². The predicted octanol–water partition coefficient (Wildman–Crippen LogP) is -0.106. The summed E-state index contributed by atoms with van der Waals surface area (Å²) in [7, 11) is 0. The first-order chi connectivity index (χ1) is 9.85. The summed E-state index contributed by atoms with van der Waals surface area (Å²) in [5.41, 5.74) is 0.00975. The summed E-state index contributed by atoms with van der Waals surface area (Å²) < 4.78 is 20.1. The van der Waals surface area contributed by atoms with E-state index in [-0.39, 0.29) is 12.2 Å². The maximum absolute atomic E-state index is 11.2. The Balaban J connectivity index is 3.00. The normalized spacial score (nSPS) is 24.1. The van der Waals surface area contributed by atoms with Crippen LogP contribution in [0.15, 0.2) is 11.8 Å². The van der Waals surface area contributed by atoms with Gasteiger partial charge in [0, 0.05) is 20.8 Å². The van der Waals surface area contributed by atoms with Gasteiger partial charge in [-0.05, 0) is 0 Å². The number of hydrogen-bond acceptors (Lipinski definition) is 8. The van der Waals surface area contributed by atoms with Crippen molar-refractivity contribution in [1.82, 2.24) is 0 Å². The molecule has 1 rings (SSSR count). The molecule has 1 aliphatic heterocycles. The maximum atomic E-state index is 11.2. The molecule has 0 spiro atoms. The van der Waals surface area contributed by atoms with E-state index in [2.05, 4.69) is 0 Å². The second kappa shape index (κ2) is 7.41. The van der Waals surface area contributed by atoms with Gasteiger partial charge in [0.2, 0.25) is 0 Å². The number of carbonyl (C=O) groups excluding carboxylic acids is 4. The molecular weight excluding hydrogens is 284 g/mol. The first-order valence-corrected chi connectivity index (χ1v) is 6.13. The van der Waals surface area contributed by atoms with E-state index in [9.17, 15) is 19.2 Å².